The van der Waals surface area contributed by atoms with Crippen LogP contribution in [-0.2, 0) is 9.53 Å². The number of imidazole rings is 1. The van der Waals surface area contributed by atoms with Gasteiger partial charge in [-0.05, 0) is 51.8 Å². The Morgan fingerprint density at radius 1 is 1.30 bits per heavy atom. The molecule has 144 valence electrons. The third-order valence-corrected chi connectivity index (χ3v) is 4.21. The number of ether oxygens (including phenoxy) is 1. The first kappa shape index (κ1) is 18.9. The van der Waals surface area contributed by atoms with Gasteiger partial charge < -0.3 is 15.0 Å². The maximum absolute atomic E-state index is 12.5. The van der Waals surface area contributed by atoms with Gasteiger partial charge in [0.2, 0.25) is 5.91 Å². The zero-order valence-electron chi connectivity index (χ0n) is 16.1. The predicted octanol–water partition coefficient (Wildman–Crippen LogP) is 2.77. The molecule has 8 heteroatoms. The van der Waals surface area contributed by atoms with E-state index in [1.165, 1.54) is 0 Å². The zero-order chi connectivity index (χ0) is 19.6. The van der Waals surface area contributed by atoms with Crippen molar-refractivity contribution in [1.29, 1.82) is 0 Å². The monoisotopic (exact) mass is 371 g/mol. The number of nitrogens with one attached hydrogen (secondary N) is 1. The SMILES string of the molecule is Cc1ccnc(-n2cnc(NC(=O)[C@H]3CCN(C(=O)OC(C)(C)C)C3)c2)c1. The first-order chi connectivity index (χ1) is 12.7. The van der Waals surface area contributed by atoms with E-state index in [0.29, 0.717) is 25.3 Å². The molecular formula is C19H25N5O3. The summed E-state index contributed by atoms with van der Waals surface area (Å²) < 4.78 is 7.12. The fourth-order valence-electron chi connectivity index (χ4n) is 2.87. The second kappa shape index (κ2) is 7.38. The fraction of sp³-hybridized carbons (Fsp3) is 0.474. The number of rotatable bonds is 3. The number of pyridine rings is 1. The summed E-state index contributed by atoms with van der Waals surface area (Å²) in [4.78, 5) is 34.7. The summed E-state index contributed by atoms with van der Waals surface area (Å²) in [6.07, 6.45) is 5.28. The van der Waals surface area contributed by atoms with E-state index in [2.05, 4.69) is 15.3 Å². The summed E-state index contributed by atoms with van der Waals surface area (Å²) >= 11 is 0. The Morgan fingerprint density at radius 2 is 2.07 bits per heavy atom. The molecule has 3 heterocycles. The summed E-state index contributed by atoms with van der Waals surface area (Å²) in [6, 6.07) is 3.85. The number of aryl methyl sites for hydroxylation is 1. The van der Waals surface area contributed by atoms with Crippen LogP contribution in [0.15, 0.2) is 30.9 Å². The number of hydrogen-bond acceptors (Lipinski definition) is 5. The largest absolute Gasteiger partial charge is 0.444 e. The number of carbonyl (C=O) groups excluding carboxylic acids is 2. The van der Waals surface area contributed by atoms with Gasteiger partial charge in [-0.1, -0.05) is 0 Å². The summed E-state index contributed by atoms with van der Waals surface area (Å²) in [5.41, 5.74) is 0.543. The highest BCUT2D eigenvalue weighted by molar-refractivity contribution is 5.92. The molecule has 1 aliphatic rings. The Morgan fingerprint density at radius 3 is 2.78 bits per heavy atom. The van der Waals surface area contributed by atoms with E-state index < -0.39 is 5.60 Å². The number of amides is 2. The van der Waals surface area contributed by atoms with E-state index in [-0.39, 0.29) is 17.9 Å². The van der Waals surface area contributed by atoms with Gasteiger partial charge in [0.05, 0.1) is 12.1 Å². The second-order valence-corrected chi connectivity index (χ2v) is 7.76. The van der Waals surface area contributed by atoms with Crippen LogP contribution < -0.4 is 5.32 Å². The highest BCUT2D eigenvalue weighted by atomic mass is 16.6. The lowest BCUT2D eigenvalue weighted by Gasteiger charge is -2.24. The highest BCUT2D eigenvalue weighted by Gasteiger charge is 2.33. The van der Waals surface area contributed by atoms with Gasteiger partial charge >= 0.3 is 6.09 Å². The molecule has 1 saturated heterocycles. The highest BCUT2D eigenvalue weighted by Crippen LogP contribution is 2.21. The quantitative estimate of drug-likeness (QED) is 0.896. The van der Waals surface area contributed by atoms with Crippen molar-refractivity contribution in [3.05, 3.63) is 36.4 Å². The van der Waals surface area contributed by atoms with Crippen molar-refractivity contribution in [2.75, 3.05) is 18.4 Å². The smallest absolute Gasteiger partial charge is 0.410 e. The van der Waals surface area contributed by atoms with E-state index in [4.69, 9.17) is 4.74 Å². The van der Waals surface area contributed by atoms with Crippen LogP contribution in [0.5, 0.6) is 0 Å². The normalized spacial score (nSPS) is 17.0. The van der Waals surface area contributed by atoms with Crippen LogP contribution in [0.2, 0.25) is 0 Å². The third-order valence-electron chi connectivity index (χ3n) is 4.21. The van der Waals surface area contributed by atoms with E-state index >= 15 is 0 Å². The molecule has 0 bridgehead atoms. The van der Waals surface area contributed by atoms with E-state index in [1.807, 2.05) is 39.8 Å². The van der Waals surface area contributed by atoms with Crippen LogP contribution in [0.25, 0.3) is 5.82 Å². The average Bonchev–Trinajstić information content (AvgIpc) is 3.22. The minimum Gasteiger partial charge on any atom is -0.444 e. The molecule has 0 unspecified atom stereocenters. The van der Waals surface area contributed by atoms with Crippen molar-refractivity contribution < 1.29 is 14.3 Å². The maximum Gasteiger partial charge on any atom is 0.410 e. The Hall–Kier alpha value is -2.90. The van der Waals surface area contributed by atoms with Crippen LogP contribution in [0.3, 0.4) is 0 Å². The molecule has 2 aromatic heterocycles. The Bertz CT molecular complexity index is 840. The molecule has 1 aliphatic heterocycles. The van der Waals surface area contributed by atoms with Gasteiger partial charge in [-0.25, -0.2) is 14.8 Å². The van der Waals surface area contributed by atoms with Crippen LogP contribution in [0, 0.1) is 12.8 Å². The van der Waals surface area contributed by atoms with E-state index in [1.54, 1.807) is 28.2 Å². The van der Waals surface area contributed by atoms with Gasteiger partial charge in [-0.15, -0.1) is 0 Å². The molecule has 2 amide bonds. The van der Waals surface area contributed by atoms with Crippen molar-refractivity contribution in [3.8, 4) is 5.82 Å². The molecule has 1 atom stereocenters. The summed E-state index contributed by atoms with van der Waals surface area (Å²) in [5, 5.41) is 2.82. The lowest BCUT2D eigenvalue weighted by molar-refractivity contribution is -0.119. The molecule has 0 aromatic carbocycles. The Balaban J connectivity index is 1.58. The van der Waals surface area contributed by atoms with Crippen molar-refractivity contribution >= 4 is 17.8 Å². The van der Waals surface area contributed by atoms with Crippen molar-refractivity contribution in [1.82, 2.24) is 19.4 Å². The predicted molar refractivity (Wildman–Crippen MR) is 101 cm³/mol. The number of nitrogens with zero attached hydrogens (tertiary/aromatic N) is 4. The zero-order valence-corrected chi connectivity index (χ0v) is 16.1. The summed E-state index contributed by atoms with van der Waals surface area (Å²) in [7, 11) is 0. The topological polar surface area (TPSA) is 89.4 Å². The third kappa shape index (κ3) is 4.84. The molecular weight excluding hydrogens is 346 g/mol. The Kier molecular flexibility index (Phi) is 5.16. The molecule has 0 spiro atoms. The number of anilines is 1. The molecule has 1 N–H and O–H groups in total. The number of hydrogen-bond donors (Lipinski definition) is 1. The van der Waals surface area contributed by atoms with Crippen molar-refractivity contribution in [2.45, 2.75) is 39.7 Å². The lowest BCUT2D eigenvalue weighted by Crippen LogP contribution is -2.36. The number of carbonyl (C=O) groups is 2. The fourth-order valence-corrected chi connectivity index (χ4v) is 2.87. The first-order valence-electron chi connectivity index (χ1n) is 8.97. The maximum atomic E-state index is 12.5. The molecule has 27 heavy (non-hydrogen) atoms. The van der Waals surface area contributed by atoms with Crippen molar-refractivity contribution in [3.63, 3.8) is 0 Å². The second-order valence-electron chi connectivity index (χ2n) is 7.76. The van der Waals surface area contributed by atoms with Crippen LogP contribution in [0.1, 0.15) is 32.8 Å². The van der Waals surface area contributed by atoms with Gasteiger partial charge in [0.15, 0.2) is 5.82 Å². The lowest BCUT2D eigenvalue weighted by atomic mass is 10.1. The minimum absolute atomic E-state index is 0.150. The summed E-state index contributed by atoms with van der Waals surface area (Å²) in [6.45, 7) is 8.32. The Labute approximate surface area is 158 Å². The minimum atomic E-state index is -0.548. The molecule has 8 nitrogen and oxygen atoms in total. The van der Waals surface area contributed by atoms with Gasteiger partial charge in [-0.3, -0.25) is 9.36 Å². The van der Waals surface area contributed by atoms with Crippen molar-refractivity contribution in [2.24, 2.45) is 5.92 Å². The van der Waals surface area contributed by atoms with Crippen LogP contribution in [-0.4, -0.2) is 50.1 Å². The van der Waals surface area contributed by atoms with E-state index in [0.717, 1.165) is 11.4 Å². The first-order valence-corrected chi connectivity index (χ1v) is 8.97. The standard InChI is InChI=1S/C19H25N5O3/c1-13-5-7-20-16(9-13)24-11-15(21-12-24)22-17(25)14-6-8-23(10-14)18(26)27-19(2,3)4/h5,7,9,11-12,14H,6,8,10H2,1-4H3,(H,22,25)/t14-/m0/s1. The molecule has 0 saturated carbocycles. The molecule has 1 fully saturated rings. The number of likely N-dealkylation sites (tertiary alicyclic amines) is 1. The van der Waals surface area contributed by atoms with Crippen LogP contribution >= 0.6 is 0 Å². The van der Waals surface area contributed by atoms with Gasteiger partial charge in [0.1, 0.15) is 17.7 Å². The van der Waals surface area contributed by atoms with Gasteiger partial charge in [-0.2, -0.15) is 0 Å². The number of aromatic nitrogens is 3. The average molecular weight is 371 g/mol. The summed E-state index contributed by atoms with van der Waals surface area (Å²) in [5.74, 6) is 0.766. The molecule has 0 aliphatic carbocycles. The van der Waals surface area contributed by atoms with E-state index in [9.17, 15) is 9.59 Å². The van der Waals surface area contributed by atoms with Gasteiger partial charge in [0.25, 0.3) is 0 Å². The van der Waals surface area contributed by atoms with Gasteiger partial charge in [0, 0.05) is 19.3 Å². The molecule has 3 rings (SSSR count). The molecule has 2 aromatic rings. The molecule has 0 radical (unpaired) electrons. The van der Waals surface area contributed by atoms with Crippen LogP contribution in [0.4, 0.5) is 10.6 Å².